The zero-order valence-electron chi connectivity index (χ0n) is 16.8. The van der Waals surface area contributed by atoms with Gasteiger partial charge in [-0.2, -0.15) is 0 Å². The fourth-order valence-electron chi connectivity index (χ4n) is 4.86. The second-order valence-corrected chi connectivity index (χ2v) is 8.26. The van der Waals surface area contributed by atoms with Crippen LogP contribution in [0.15, 0.2) is 33.5 Å². The molecule has 2 aliphatic rings. The monoisotopic (exact) mass is 403 g/mol. The summed E-state index contributed by atoms with van der Waals surface area (Å²) in [5, 5.41) is 13.5. The van der Waals surface area contributed by atoms with E-state index >= 15 is 0 Å². The Morgan fingerprint density at radius 2 is 2.03 bits per heavy atom. The number of rotatable bonds is 7. The van der Waals surface area contributed by atoms with E-state index in [-0.39, 0.29) is 18.5 Å². The van der Waals surface area contributed by atoms with Gasteiger partial charge in [0.1, 0.15) is 6.54 Å². The van der Waals surface area contributed by atoms with Gasteiger partial charge in [-0.3, -0.25) is 9.36 Å². The van der Waals surface area contributed by atoms with Gasteiger partial charge in [0.25, 0.3) is 0 Å². The van der Waals surface area contributed by atoms with Gasteiger partial charge in [-0.15, -0.1) is 0 Å². The lowest BCUT2D eigenvalue weighted by atomic mass is 9.77. The smallest absolute Gasteiger partial charge is 0.408 e. The van der Waals surface area contributed by atoms with Crippen LogP contribution < -0.4 is 11.1 Å². The first-order valence-corrected chi connectivity index (χ1v) is 10.3. The zero-order chi connectivity index (χ0) is 20.4. The summed E-state index contributed by atoms with van der Waals surface area (Å²) < 4.78 is 11.6. The Morgan fingerprint density at radius 3 is 2.83 bits per heavy atom. The van der Waals surface area contributed by atoms with Crippen molar-refractivity contribution in [1.29, 1.82) is 0 Å². The second-order valence-electron chi connectivity index (χ2n) is 8.26. The SMILES string of the molecule is COCCCN1C[C@H]2C[C@H](O)[C@@H](NC(=O)Cn3c(=O)oc4ccccc43)C[C@H]2C1. The number of hydrogen-bond acceptors (Lipinski definition) is 6. The van der Waals surface area contributed by atoms with Gasteiger partial charge in [0, 0.05) is 33.4 Å². The molecule has 1 aromatic heterocycles. The lowest BCUT2D eigenvalue weighted by molar-refractivity contribution is -0.124. The number of aromatic nitrogens is 1. The number of ether oxygens (including phenoxy) is 1. The van der Waals surface area contributed by atoms with E-state index < -0.39 is 11.9 Å². The van der Waals surface area contributed by atoms with E-state index in [1.807, 2.05) is 0 Å². The summed E-state index contributed by atoms with van der Waals surface area (Å²) in [7, 11) is 1.72. The minimum atomic E-state index is -0.558. The highest BCUT2D eigenvalue weighted by Crippen LogP contribution is 2.36. The number of para-hydroxylation sites is 2. The maximum atomic E-state index is 12.6. The molecule has 8 nitrogen and oxygen atoms in total. The number of aliphatic hydroxyl groups is 1. The van der Waals surface area contributed by atoms with Crippen LogP contribution in [0.4, 0.5) is 0 Å². The lowest BCUT2D eigenvalue weighted by Gasteiger charge is -2.35. The lowest BCUT2D eigenvalue weighted by Crippen LogP contribution is -2.50. The number of aliphatic hydroxyl groups excluding tert-OH is 1. The van der Waals surface area contributed by atoms with E-state index in [9.17, 15) is 14.7 Å². The van der Waals surface area contributed by atoms with Crippen LogP contribution in [-0.2, 0) is 16.1 Å². The van der Waals surface area contributed by atoms with Crippen LogP contribution in [-0.4, -0.2) is 66.0 Å². The maximum Gasteiger partial charge on any atom is 0.420 e. The third-order valence-corrected chi connectivity index (χ3v) is 6.26. The fourth-order valence-corrected chi connectivity index (χ4v) is 4.86. The molecule has 1 amide bonds. The van der Waals surface area contributed by atoms with Crippen molar-refractivity contribution in [2.24, 2.45) is 11.8 Å². The van der Waals surface area contributed by atoms with Gasteiger partial charge in [0.05, 0.1) is 17.7 Å². The first-order valence-electron chi connectivity index (χ1n) is 10.3. The molecule has 1 aliphatic carbocycles. The second kappa shape index (κ2) is 8.69. The number of nitrogens with one attached hydrogen (secondary N) is 1. The van der Waals surface area contributed by atoms with Crippen molar-refractivity contribution < 1.29 is 19.1 Å². The quantitative estimate of drug-likeness (QED) is 0.665. The third-order valence-electron chi connectivity index (χ3n) is 6.26. The summed E-state index contributed by atoms with van der Waals surface area (Å²) in [5.74, 6) is 0.119. The van der Waals surface area contributed by atoms with Crippen molar-refractivity contribution >= 4 is 17.0 Å². The highest BCUT2D eigenvalue weighted by Gasteiger charge is 2.41. The molecule has 0 bridgehead atoms. The Bertz CT molecular complexity index is 907. The van der Waals surface area contributed by atoms with Crippen molar-refractivity contribution in [1.82, 2.24) is 14.8 Å². The van der Waals surface area contributed by atoms with Crippen molar-refractivity contribution in [2.75, 3.05) is 33.4 Å². The number of amides is 1. The largest absolute Gasteiger partial charge is 0.420 e. The minimum Gasteiger partial charge on any atom is -0.408 e. The Hall–Kier alpha value is -2.16. The molecule has 1 aromatic carbocycles. The van der Waals surface area contributed by atoms with Crippen LogP contribution >= 0.6 is 0 Å². The molecule has 158 valence electrons. The first kappa shape index (κ1) is 20.1. The van der Waals surface area contributed by atoms with Crippen LogP contribution in [0.5, 0.6) is 0 Å². The van der Waals surface area contributed by atoms with Crippen molar-refractivity contribution in [3.63, 3.8) is 0 Å². The highest BCUT2D eigenvalue weighted by molar-refractivity contribution is 5.79. The van der Waals surface area contributed by atoms with Gasteiger partial charge in [0.2, 0.25) is 5.91 Å². The van der Waals surface area contributed by atoms with Gasteiger partial charge in [-0.1, -0.05) is 12.1 Å². The van der Waals surface area contributed by atoms with Gasteiger partial charge < -0.3 is 24.5 Å². The number of fused-ring (bicyclic) bond motifs is 2. The summed E-state index contributed by atoms with van der Waals surface area (Å²) in [6.07, 6.45) is 1.91. The third kappa shape index (κ3) is 4.39. The first-order chi connectivity index (χ1) is 14.0. The van der Waals surface area contributed by atoms with E-state index in [0.717, 1.165) is 39.1 Å². The number of benzene rings is 1. The van der Waals surface area contributed by atoms with E-state index in [1.165, 1.54) is 4.57 Å². The van der Waals surface area contributed by atoms with Gasteiger partial charge in [-0.25, -0.2) is 4.79 Å². The van der Waals surface area contributed by atoms with Crippen LogP contribution in [0.3, 0.4) is 0 Å². The summed E-state index contributed by atoms with van der Waals surface area (Å²) in [5.41, 5.74) is 1.06. The predicted octanol–water partition coefficient (Wildman–Crippen LogP) is 0.819. The van der Waals surface area contributed by atoms with E-state index in [4.69, 9.17) is 9.15 Å². The molecule has 0 unspecified atom stereocenters. The number of likely N-dealkylation sites (tertiary alicyclic amines) is 1. The molecule has 8 heteroatoms. The molecule has 2 fully saturated rings. The molecular formula is C21H29N3O5. The number of carbonyl (C=O) groups excluding carboxylic acids is 1. The molecular weight excluding hydrogens is 374 g/mol. The standard InChI is InChI=1S/C21H29N3O5/c1-28-8-4-7-23-11-14-9-16(18(25)10-15(14)12-23)22-20(26)13-24-17-5-2-3-6-19(17)29-21(24)27/h2-3,5-6,14-16,18,25H,4,7-13H2,1H3,(H,22,26)/t14-,15+,16-,18-/m0/s1. The number of hydrogen-bond donors (Lipinski definition) is 2. The van der Waals surface area contributed by atoms with E-state index in [1.54, 1.807) is 31.4 Å². The topological polar surface area (TPSA) is 96.9 Å². The fraction of sp³-hybridized carbons (Fsp3) is 0.619. The summed E-state index contributed by atoms with van der Waals surface area (Å²) in [4.78, 5) is 27.1. The molecule has 2 heterocycles. The molecule has 0 spiro atoms. The Morgan fingerprint density at radius 1 is 1.28 bits per heavy atom. The number of oxazole rings is 1. The molecule has 4 rings (SSSR count). The van der Waals surface area contributed by atoms with Gasteiger partial charge >= 0.3 is 5.76 Å². The Labute approximate surface area is 169 Å². The predicted molar refractivity (Wildman–Crippen MR) is 108 cm³/mol. The van der Waals surface area contributed by atoms with Crippen molar-refractivity contribution in [3.05, 3.63) is 34.8 Å². The Balaban J connectivity index is 1.35. The van der Waals surface area contributed by atoms with Gasteiger partial charge in [-0.05, 0) is 43.2 Å². The van der Waals surface area contributed by atoms with E-state index in [2.05, 4.69) is 10.2 Å². The van der Waals surface area contributed by atoms with Crippen molar-refractivity contribution in [3.8, 4) is 0 Å². The van der Waals surface area contributed by atoms with Gasteiger partial charge in [0.15, 0.2) is 5.58 Å². The number of methoxy groups -OCH3 is 1. The Kier molecular flexibility index (Phi) is 6.03. The summed E-state index contributed by atoms with van der Waals surface area (Å²) >= 11 is 0. The molecule has 2 aromatic rings. The van der Waals surface area contributed by atoms with Crippen LogP contribution in [0.1, 0.15) is 19.3 Å². The van der Waals surface area contributed by atoms with Crippen LogP contribution in [0.25, 0.3) is 11.1 Å². The molecule has 1 aliphatic heterocycles. The minimum absolute atomic E-state index is 0.115. The molecule has 0 radical (unpaired) electrons. The average molecular weight is 403 g/mol. The molecule has 2 N–H and O–H groups in total. The normalized spacial score (nSPS) is 27.2. The molecule has 29 heavy (non-hydrogen) atoms. The summed E-state index contributed by atoms with van der Waals surface area (Å²) in [6.45, 7) is 3.65. The van der Waals surface area contributed by atoms with Crippen molar-refractivity contribution in [2.45, 2.75) is 38.0 Å². The zero-order valence-corrected chi connectivity index (χ0v) is 16.8. The van der Waals surface area contributed by atoms with Crippen LogP contribution in [0.2, 0.25) is 0 Å². The number of carbonyl (C=O) groups is 1. The molecule has 1 saturated heterocycles. The summed E-state index contributed by atoms with van der Waals surface area (Å²) in [6, 6.07) is 6.76. The molecule has 1 saturated carbocycles. The van der Waals surface area contributed by atoms with Crippen LogP contribution in [0, 0.1) is 11.8 Å². The maximum absolute atomic E-state index is 12.6. The molecule has 4 atom stereocenters. The number of nitrogens with zero attached hydrogens (tertiary/aromatic N) is 2. The van der Waals surface area contributed by atoms with E-state index in [0.29, 0.717) is 29.4 Å². The highest BCUT2D eigenvalue weighted by atomic mass is 16.5. The average Bonchev–Trinajstić information content (AvgIpc) is 3.22.